The summed E-state index contributed by atoms with van der Waals surface area (Å²) in [5.74, 6) is 1.59. The number of hydrogen-bond acceptors (Lipinski definition) is 6. The Morgan fingerprint density at radius 2 is 1.71 bits per heavy atom. The normalized spacial score (nSPS) is 13.8. The van der Waals surface area contributed by atoms with Gasteiger partial charge < -0.3 is 24.3 Å². The van der Waals surface area contributed by atoms with Gasteiger partial charge in [-0.2, -0.15) is 0 Å². The first-order valence-corrected chi connectivity index (χ1v) is 16.2. The highest BCUT2D eigenvalue weighted by Crippen LogP contribution is 2.38. The standard InChI is InChI=1S/C37H46FNO6/c1-5-9-30-32(16-12-28-13-17-33(45-36(28)30)37(41)39-19-18-35(40)44-20-6-2)42-21-8-22-43-34-23-25(4)31(24-26(34)7-3)27-10-14-29(38)15-11-27/h10-12,14-16,23-24,33H,5-9,13,17-22H2,1-4H3,(H,39,41). The van der Waals surface area contributed by atoms with Gasteiger partial charge in [0.1, 0.15) is 23.1 Å². The van der Waals surface area contributed by atoms with E-state index in [1.807, 2.05) is 26.0 Å². The van der Waals surface area contributed by atoms with Crippen LogP contribution in [0.15, 0.2) is 48.5 Å². The zero-order valence-electron chi connectivity index (χ0n) is 27.0. The van der Waals surface area contributed by atoms with Crippen molar-refractivity contribution in [3.63, 3.8) is 0 Å². The highest BCUT2D eigenvalue weighted by Gasteiger charge is 2.29. The molecule has 45 heavy (non-hydrogen) atoms. The van der Waals surface area contributed by atoms with Crippen LogP contribution in [-0.2, 0) is 33.6 Å². The van der Waals surface area contributed by atoms with Crippen LogP contribution in [0.25, 0.3) is 11.1 Å². The third-order valence-corrected chi connectivity index (χ3v) is 7.87. The molecule has 0 saturated carbocycles. The van der Waals surface area contributed by atoms with Crippen molar-refractivity contribution in [1.82, 2.24) is 5.32 Å². The molecule has 7 nitrogen and oxygen atoms in total. The molecule has 0 saturated heterocycles. The van der Waals surface area contributed by atoms with Gasteiger partial charge >= 0.3 is 5.97 Å². The molecule has 3 aromatic rings. The topological polar surface area (TPSA) is 83.1 Å². The number of carbonyl (C=O) groups is 2. The maximum absolute atomic E-state index is 13.4. The summed E-state index contributed by atoms with van der Waals surface area (Å²) in [4.78, 5) is 24.6. The number of aryl methyl sites for hydroxylation is 3. The Balaban J connectivity index is 1.32. The number of fused-ring (bicyclic) bond motifs is 1. The number of nitrogens with one attached hydrogen (secondary N) is 1. The van der Waals surface area contributed by atoms with Gasteiger partial charge in [-0.25, -0.2) is 4.39 Å². The highest BCUT2D eigenvalue weighted by molar-refractivity contribution is 5.82. The van der Waals surface area contributed by atoms with Crippen LogP contribution in [-0.4, -0.2) is 44.3 Å². The van der Waals surface area contributed by atoms with Crippen molar-refractivity contribution in [2.45, 2.75) is 85.2 Å². The predicted molar refractivity (Wildman–Crippen MR) is 174 cm³/mol. The molecule has 1 heterocycles. The maximum atomic E-state index is 13.4. The van der Waals surface area contributed by atoms with Crippen molar-refractivity contribution >= 4 is 11.9 Å². The fourth-order valence-corrected chi connectivity index (χ4v) is 5.49. The second kappa shape index (κ2) is 16.8. The Kier molecular flexibility index (Phi) is 12.7. The second-order valence-electron chi connectivity index (χ2n) is 11.4. The molecule has 1 unspecified atom stereocenters. The average Bonchev–Trinajstić information content (AvgIpc) is 3.04. The van der Waals surface area contributed by atoms with Gasteiger partial charge in [0.25, 0.3) is 5.91 Å². The molecular formula is C37H46FNO6. The third-order valence-electron chi connectivity index (χ3n) is 7.87. The summed E-state index contributed by atoms with van der Waals surface area (Å²) >= 11 is 0. The van der Waals surface area contributed by atoms with Crippen molar-refractivity contribution in [2.75, 3.05) is 26.4 Å². The van der Waals surface area contributed by atoms with Crippen LogP contribution in [0, 0.1) is 12.7 Å². The number of benzene rings is 3. The number of esters is 1. The van der Waals surface area contributed by atoms with Crippen LogP contribution in [0.4, 0.5) is 4.39 Å². The van der Waals surface area contributed by atoms with E-state index >= 15 is 0 Å². The SMILES string of the molecule is CCCOC(=O)CCNC(=O)C1CCc2ccc(OCCCOc3cc(C)c(-c4ccc(F)cc4)cc3CC)c(CCC)c2O1. The van der Waals surface area contributed by atoms with E-state index in [-0.39, 0.29) is 30.7 Å². The molecule has 1 atom stereocenters. The monoisotopic (exact) mass is 619 g/mol. The Morgan fingerprint density at radius 1 is 0.956 bits per heavy atom. The summed E-state index contributed by atoms with van der Waals surface area (Å²) in [7, 11) is 0. The van der Waals surface area contributed by atoms with E-state index in [0.29, 0.717) is 32.7 Å². The summed E-state index contributed by atoms with van der Waals surface area (Å²) in [6.07, 6.45) is 4.78. The Hall–Kier alpha value is -4.07. The van der Waals surface area contributed by atoms with Gasteiger partial charge in [0.15, 0.2) is 6.10 Å². The molecule has 1 amide bonds. The number of amides is 1. The van der Waals surface area contributed by atoms with Crippen LogP contribution in [0.1, 0.15) is 75.1 Å². The molecule has 242 valence electrons. The number of halogens is 1. The van der Waals surface area contributed by atoms with E-state index < -0.39 is 6.10 Å². The molecule has 0 aromatic heterocycles. The van der Waals surface area contributed by atoms with E-state index in [4.69, 9.17) is 18.9 Å². The Bertz CT molecular complexity index is 1440. The van der Waals surface area contributed by atoms with Gasteiger partial charge in [-0.05, 0) is 97.2 Å². The molecule has 1 aliphatic rings. The molecule has 0 bridgehead atoms. The zero-order valence-corrected chi connectivity index (χ0v) is 27.0. The van der Waals surface area contributed by atoms with E-state index in [0.717, 1.165) is 82.7 Å². The van der Waals surface area contributed by atoms with Crippen LogP contribution >= 0.6 is 0 Å². The summed E-state index contributed by atoms with van der Waals surface area (Å²) in [6, 6.07) is 14.8. The lowest BCUT2D eigenvalue weighted by Crippen LogP contribution is -2.41. The first-order chi connectivity index (χ1) is 21.8. The van der Waals surface area contributed by atoms with Gasteiger partial charge in [0, 0.05) is 18.5 Å². The number of hydrogen-bond donors (Lipinski definition) is 1. The molecule has 1 aliphatic heterocycles. The smallest absolute Gasteiger partial charge is 0.307 e. The van der Waals surface area contributed by atoms with Gasteiger partial charge in [-0.1, -0.05) is 45.4 Å². The number of carbonyl (C=O) groups excluding carboxylic acids is 2. The van der Waals surface area contributed by atoms with Crippen molar-refractivity contribution in [2.24, 2.45) is 0 Å². The highest BCUT2D eigenvalue weighted by atomic mass is 19.1. The lowest BCUT2D eigenvalue weighted by molar-refractivity contribution is -0.143. The minimum absolute atomic E-state index is 0.137. The fourth-order valence-electron chi connectivity index (χ4n) is 5.49. The summed E-state index contributed by atoms with van der Waals surface area (Å²) in [5.41, 5.74) is 6.30. The minimum Gasteiger partial charge on any atom is -0.493 e. The summed E-state index contributed by atoms with van der Waals surface area (Å²) in [6.45, 7) is 9.77. The fraction of sp³-hybridized carbons (Fsp3) is 0.459. The molecule has 0 fully saturated rings. The maximum Gasteiger partial charge on any atom is 0.307 e. The van der Waals surface area contributed by atoms with E-state index in [2.05, 4.69) is 31.3 Å². The van der Waals surface area contributed by atoms with Crippen LogP contribution in [0.2, 0.25) is 0 Å². The van der Waals surface area contributed by atoms with E-state index in [1.54, 1.807) is 12.1 Å². The average molecular weight is 620 g/mol. The third kappa shape index (κ3) is 9.22. The first kappa shape index (κ1) is 33.8. The van der Waals surface area contributed by atoms with Gasteiger partial charge in [0.2, 0.25) is 0 Å². The van der Waals surface area contributed by atoms with Crippen molar-refractivity contribution in [3.05, 3.63) is 76.6 Å². The van der Waals surface area contributed by atoms with Crippen LogP contribution in [0.3, 0.4) is 0 Å². The minimum atomic E-state index is -0.617. The van der Waals surface area contributed by atoms with Gasteiger partial charge in [0.05, 0.1) is 26.2 Å². The lowest BCUT2D eigenvalue weighted by atomic mass is 9.96. The van der Waals surface area contributed by atoms with Crippen molar-refractivity contribution in [1.29, 1.82) is 0 Å². The quantitative estimate of drug-likeness (QED) is 0.134. The largest absolute Gasteiger partial charge is 0.493 e. The zero-order chi connectivity index (χ0) is 32.2. The molecular weight excluding hydrogens is 573 g/mol. The van der Waals surface area contributed by atoms with Gasteiger partial charge in [-0.3, -0.25) is 9.59 Å². The molecule has 0 spiro atoms. The molecule has 8 heteroatoms. The predicted octanol–water partition coefficient (Wildman–Crippen LogP) is 7.32. The Morgan fingerprint density at radius 3 is 2.42 bits per heavy atom. The molecule has 4 rings (SSSR count). The Labute approximate surface area is 266 Å². The first-order valence-electron chi connectivity index (χ1n) is 16.2. The van der Waals surface area contributed by atoms with Crippen LogP contribution < -0.4 is 19.5 Å². The second-order valence-corrected chi connectivity index (χ2v) is 11.4. The number of ether oxygens (including phenoxy) is 4. The molecule has 3 aromatic carbocycles. The van der Waals surface area contributed by atoms with Gasteiger partial charge in [-0.15, -0.1) is 0 Å². The lowest BCUT2D eigenvalue weighted by Gasteiger charge is -2.28. The van der Waals surface area contributed by atoms with Crippen molar-refractivity contribution < 1.29 is 32.9 Å². The van der Waals surface area contributed by atoms with E-state index in [1.165, 1.54) is 12.1 Å². The van der Waals surface area contributed by atoms with E-state index in [9.17, 15) is 14.0 Å². The molecule has 1 N–H and O–H groups in total. The van der Waals surface area contributed by atoms with Crippen LogP contribution in [0.5, 0.6) is 17.2 Å². The summed E-state index contributed by atoms with van der Waals surface area (Å²) in [5, 5.41) is 2.82. The molecule has 0 aliphatic carbocycles. The van der Waals surface area contributed by atoms with Crippen molar-refractivity contribution in [3.8, 4) is 28.4 Å². The summed E-state index contributed by atoms with van der Waals surface area (Å²) < 4.78 is 37.2. The number of rotatable bonds is 16. The molecule has 0 radical (unpaired) electrons.